The summed E-state index contributed by atoms with van der Waals surface area (Å²) in [5.74, 6) is 2.06. The van der Waals surface area contributed by atoms with Crippen LogP contribution >= 0.6 is 12.4 Å². The Hall–Kier alpha value is -1.14. The van der Waals surface area contributed by atoms with E-state index in [0.29, 0.717) is 24.7 Å². The van der Waals surface area contributed by atoms with Crippen LogP contribution in [0.1, 0.15) is 51.2 Å². The molecule has 2 atom stereocenters. The van der Waals surface area contributed by atoms with Crippen molar-refractivity contribution >= 4 is 18.3 Å². The molecule has 126 valence electrons. The van der Waals surface area contributed by atoms with Gasteiger partial charge in [0.2, 0.25) is 11.8 Å². The molecule has 0 saturated carbocycles. The molecule has 0 spiro atoms. The molecule has 1 amide bonds. The minimum atomic E-state index is 0. The number of rotatable bonds is 7. The molecule has 2 heterocycles. The third-order valence-electron chi connectivity index (χ3n) is 3.95. The Morgan fingerprint density at radius 1 is 1.45 bits per heavy atom. The topological polar surface area (TPSA) is 80.0 Å². The SMILES string of the molecule is CCCc1noc(CCCC(=O)NC2CNCCC2C)n1.Cl. The lowest BCUT2D eigenvalue weighted by molar-refractivity contribution is -0.122. The summed E-state index contributed by atoms with van der Waals surface area (Å²) >= 11 is 0. The van der Waals surface area contributed by atoms with Crippen LogP contribution in [0.15, 0.2) is 4.52 Å². The van der Waals surface area contributed by atoms with Crippen molar-refractivity contribution in [2.75, 3.05) is 13.1 Å². The first-order valence-corrected chi connectivity index (χ1v) is 8.00. The Morgan fingerprint density at radius 2 is 2.27 bits per heavy atom. The quantitative estimate of drug-likeness (QED) is 0.798. The molecule has 2 rings (SSSR count). The number of carbonyl (C=O) groups excluding carboxylic acids is 1. The van der Waals surface area contributed by atoms with Gasteiger partial charge < -0.3 is 15.2 Å². The van der Waals surface area contributed by atoms with E-state index in [9.17, 15) is 4.79 Å². The van der Waals surface area contributed by atoms with E-state index < -0.39 is 0 Å². The fourth-order valence-electron chi connectivity index (χ4n) is 2.58. The highest BCUT2D eigenvalue weighted by Crippen LogP contribution is 2.11. The molecular formula is C15H27ClN4O2. The maximum absolute atomic E-state index is 11.9. The normalized spacial score (nSPS) is 21.2. The first kappa shape index (κ1) is 18.9. The van der Waals surface area contributed by atoms with Crippen LogP contribution in [0.3, 0.4) is 0 Å². The Labute approximate surface area is 138 Å². The van der Waals surface area contributed by atoms with Crippen LogP contribution in [-0.2, 0) is 17.6 Å². The summed E-state index contributed by atoms with van der Waals surface area (Å²) in [6, 6.07) is 0.255. The fraction of sp³-hybridized carbons (Fsp3) is 0.800. The van der Waals surface area contributed by atoms with Crippen LogP contribution in [0, 0.1) is 5.92 Å². The number of hydrogen-bond donors (Lipinski definition) is 2. The van der Waals surface area contributed by atoms with Crippen LogP contribution in [0.4, 0.5) is 0 Å². The summed E-state index contributed by atoms with van der Waals surface area (Å²) < 4.78 is 5.16. The van der Waals surface area contributed by atoms with Gasteiger partial charge in [-0.05, 0) is 31.7 Å². The second-order valence-corrected chi connectivity index (χ2v) is 5.85. The molecule has 0 radical (unpaired) electrons. The fourth-order valence-corrected chi connectivity index (χ4v) is 2.58. The molecule has 0 bridgehead atoms. The number of carbonyl (C=O) groups is 1. The van der Waals surface area contributed by atoms with Gasteiger partial charge >= 0.3 is 0 Å². The molecule has 1 aliphatic rings. The molecule has 1 aliphatic heterocycles. The maximum Gasteiger partial charge on any atom is 0.226 e. The zero-order valence-corrected chi connectivity index (χ0v) is 14.2. The molecular weight excluding hydrogens is 304 g/mol. The van der Waals surface area contributed by atoms with E-state index >= 15 is 0 Å². The van der Waals surface area contributed by atoms with E-state index in [2.05, 4.69) is 34.6 Å². The molecule has 0 aromatic carbocycles. The molecule has 1 saturated heterocycles. The zero-order valence-electron chi connectivity index (χ0n) is 13.4. The van der Waals surface area contributed by atoms with Crippen molar-refractivity contribution in [1.82, 2.24) is 20.8 Å². The lowest BCUT2D eigenvalue weighted by Crippen LogP contribution is -2.50. The number of amides is 1. The van der Waals surface area contributed by atoms with Crippen molar-refractivity contribution < 1.29 is 9.32 Å². The first-order valence-electron chi connectivity index (χ1n) is 8.00. The van der Waals surface area contributed by atoms with Gasteiger partial charge in [0.25, 0.3) is 0 Å². The number of halogens is 1. The van der Waals surface area contributed by atoms with Crippen LogP contribution in [0.5, 0.6) is 0 Å². The molecule has 6 nitrogen and oxygen atoms in total. The molecule has 22 heavy (non-hydrogen) atoms. The largest absolute Gasteiger partial charge is 0.352 e. The molecule has 2 N–H and O–H groups in total. The molecule has 1 fully saturated rings. The minimum Gasteiger partial charge on any atom is -0.352 e. The summed E-state index contributed by atoms with van der Waals surface area (Å²) in [6.45, 7) is 6.20. The van der Waals surface area contributed by atoms with Crippen molar-refractivity contribution in [2.24, 2.45) is 5.92 Å². The van der Waals surface area contributed by atoms with Gasteiger partial charge in [-0.3, -0.25) is 4.79 Å². The van der Waals surface area contributed by atoms with Crippen molar-refractivity contribution in [3.05, 3.63) is 11.7 Å². The van der Waals surface area contributed by atoms with E-state index in [0.717, 1.165) is 44.6 Å². The van der Waals surface area contributed by atoms with Crippen molar-refractivity contribution in [1.29, 1.82) is 0 Å². The van der Waals surface area contributed by atoms with Gasteiger partial charge in [0.05, 0.1) is 0 Å². The average molecular weight is 331 g/mol. The van der Waals surface area contributed by atoms with Gasteiger partial charge in [0, 0.05) is 31.8 Å². The third kappa shape index (κ3) is 5.93. The van der Waals surface area contributed by atoms with E-state index in [1.807, 2.05) is 0 Å². The third-order valence-corrected chi connectivity index (χ3v) is 3.95. The monoisotopic (exact) mass is 330 g/mol. The highest BCUT2D eigenvalue weighted by atomic mass is 35.5. The van der Waals surface area contributed by atoms with Gasteiger partial charge in [0.15, 0.2) is 5.82 Å². The van der Waals surface area contributed by atoms with Crippen molar-refractivity contribution in [2.45, 2.75) is 58.4 Å². The van der Waals surface area contributed by atoms with Crippen molar-refractivity contribution in [3.63, 3.8) is 0 Å². The maximum atomic E-state index is 11.9. The number of aromatic nitrogens is 2. The molecule has 0 aliphatic carbocycles. The Morgan fingerprint density at radius 3 is 3.00 bits per heavy atom. The standard InChI is InChI=1S/C15H26N4O2.ClH/c1-3-5-13-18-15(21-19-13)7-4-6-14(20)17-12-10-16-9-8-11(12)2;/h11-12,16H,3-10H2,1-2H3,(H,17,20);1H. The summed E-state index contributed by atoms with van der Waals surface area (Å²) in [5, 5.41) is 10.3. The summed E-state index contributed by atoms with van der Waals surface area (Å²) in [6.07, 6.45) is 4.89. The second-order valence-electron chi connectivity index (χ2n) is 5.85. The van der Waals surface area contributed by atoms with Crippen LogP contribution in [0.2, 0.25) is 0 Å². The summed E-state index contributed by atoms with van der Waals surface area (Å²) in [5.41, 5.74) is 0. The lowest BCUT2D eigenvalue weighted by atomic mass is 9.94. The Bertz CT molecular complexity index is 453. The predicted molar refractivity (Wildman–Crippen MR) is 87.1 cm³/mol. The molecule has 1 aromatic rings. The first-order chi connectivity index (χ1) is 10.2. The summed E-state index contributed by atoms with van der Waals surface area (Å²) in [4.78, 5) is 16.3. The van der Waals surface area contributed by atoms with Gasteiger partial charge in [0.1, 0.15) is 0 Å². The summed E-state index contributed by atoms with van der Waals surface area (Å²) in [7, 11) is 0. The average Bonchev–Trinajstić information content (AvgIpc) is 2.89. The van der Waals surface area contributed by atoms with Gasteiger partial charge in [-0.15, -0.1) is 12.4 Å². The number of nitrogens with zero attached hydrogens (tertiary/aromatic N) is 2. The molecule has 1 aromatic heterocycles. The number of nitrogens with one attached hydrogen (secondary N) is 2. The Kier molecular flexibility index (Phi) is 8.42. The Balaban J connectivity index is 0.00000242. The molecule has 7 heteroatoms. The number of piperidine rings is 1. The van der Waals surface area contributed by atoms with E-state index in [4.69, 9.17) is 4.52 Å². The smallest absolute Gasteiger partial charge is 0.226 e. The number of aryl methyl sites for hydroxylation is 2. The van der Waals surface area contributed by atoms with Crippen molar-refractivity contribution in [3.8, 4) is 0 Å². The van der Waals surface area contributed by atoms with E-state index in [1.165, 1.54) is 0 Å². The highest BCUT2D eigenvalue weighted by Gasteiger charge is 2.22. The van der Waals surface area contributed by atoms with E-state index in [1.54, 1.807) is 0 Å². The highest BCUT2D eigenvalue weighted by molar-refractivity contribution is 5.85. The minimum absolute atomic E-state index is 0. The van der Waals surface area contributed by atoms with E-state index in [-0.39, 0.29) is 24.4 Å². The zero-order chi connectivity index (χ0) is 15.1. The second kappa shape index (κ2) is 9.79. The van der Waals surface area contributed by atoms with Gasteiger partial charge in [-0.25, -0.2) is 0 Å². The van der Waals surface area contributed by atoms with Crippen LogP contribution < -0.4 is 10.6 Å². The van der Waals surface area contributed by atoms with Crippen LogP contribution in [-0.4, -0.2) is 35.2 Å². The lowest BCUT2D eigenvalue weighted by Gasteiger charge is -2.30. The van der Waals surface area contributed by atoms with Gasteiger partial charge in [-0.2, -0.15) is 4.98 Å². The van der Waals surface area contributed by atoms with Crippen LogP contribution in [0.25, 0.3) is 0 Å². The number of hydrogen-bond acceptors (Lipinski definition) is 5. The predicted octanol–water partition coefficient (Wildman–Crippen LogP) is 1.88. The molecule has 2 unspecified atom stereocenters. The van der Waals surface area contributed by atoms with Gasteiger partial charge in [-0.1, -0.05) is 19.0 Å².